The second-order valence-corrected chi connectivity index (χ2v) is 7.03. The molecule has 1 saturated heterocycles. The highest BCUT2D eigenvalue weighted by Gasteiger charge is 2.39. The van der Waals surface area contributed by atoms with Gasteiger partial charge in [0.15, 0.2) is 0 Å². The molecule has 0 aromatic heterocycles. The zero-order valence-corrected chi connectivity index (χ0v) is 13.7. The van der Waals surface area contributed by atoms with E-state index in [2.05, 4.69) is 11.0 Å². The fourth-order valence-electron chi connectivity index (χ4n) is 4.04. The van der Waals surface area contributed by atoms with E-state index in [1.165, 1.54) is 70.2 Å². The molecule has 0 N–H and O–H groups in total. The fourth-order valence-corrected chi connectivity index (χ4v) is 4.04. The lowest BCUT2D eigenvalue weighted by Crippen LogP contribution is -2.45. The van der Waals surface area contributed by atoms with Crippen molar-refractivity contribution < 1.29 is 9.13 Å². The van der Waals surface area contributed by atoms with Crippen LogP contribution >= 0.6 is 0 Å². The van der Waals surface area contributed by atoms with Crippen molar-refractivity contribution in [3.05, 3.63) is 35.9 Å². The molecule has 3 aliphatic rings. The van der Waals surface area contributed by atoms with Crippen molar-refractivity contribution in [2.75, 3.05) is 19.7 Å². The molecular weight excluding hydrogens is 277 g/mol. The summed E-state index contributed by atoms with van der Waals surface area (Å²) in [5, 5.41) is 0. The molecule has 3 heteroatoms. The molecule has 2 nitrogen and oxygen atoms in total. The van der Waals surface area contributed by atoms with Crippen LogP contribution in [0.3, 0.4) is 0 Å². The lowest BCUT2D eigenvalue weighted by atomic mass is 9.78. The molecule has 122 valence electrons. The zero-order chi connectivity index (χ0) is 15.4. The number of piperidine rings is 1. The molecule has 22 heavy (non-hydrogen) atoms. The highest BCUT2D eigenvalue weighted by molar-refractivity contribution is 5.25. The van der Waals surface area contributed by atoms with Crippen LogP contribution in [0.4, 0.5) is 4.39 Å². The molecule has 0 aromatic rings. The SMILES string of the molecule is C/C=C(F)\C=C/C1=CC2(CCN(C3CCCCC3)CC2)CO1. The predicted octanol–water partition coefficient (Wildman–Crippen LogP) is 4.74. The Labute approximate surface area is 133 Å². The number of hydrogen-bond donors (Lipinski definition) is 0. The maximum Gasteiger partial charge on any atom is 0.119 e. The normalized spacial score (nSPS) is 27.4. The Hall–Kier alpha value is -1.09. The van der Waals surface area contributed by atoms with E-state index in [9.17, 15) is 4.39 Å². The van der Waals surface area contributed by atoms with Gasteiger partial charge >= 0.3 is 0 Å². The summed E-state index contributed by atoms with van der Waals surface area (Å²) < 4.78 is 18.9. The van der Waals surface area contributed by atoms with Gasteiger partial charge in [0.25, 0.3) is 0 Å². The van der Waals surface area contributed by atoms with Crippen LogP contribution in [-0.2, 0) is 4.74 Å². The van der Waals surface area contributed by atoms with Gasteiger partial charge < -0.3 is 9.64 Å². The van der Waals surface area contributed by atoms with Crippen molar-refractivity contribution in [1.29, 1.82) is 0 Å². The van der Waals surface area contributed by atoms with Gasteiger partial charge in [0.2, 0.25) is 0 Å². The topological polar surface area (TPSA) is 12.5 Å². The van der Waals surface area contributed by atoms with Gasteiger partial charge in [-0.2, -0.15) is 0 Å². The van der Waals surface area contributed by atoms with Crippen molar-refractivity contribution in [3.8, 4) is 0 Å². The molecule has 1 saturated carbocycles. The van der Waals surface area contributed by atoms with Gasteiger partial charge in [-0.15, -0.1) is 0 Å². The van der Waals surface area contributed by atoms with Gasteiger partial charge in [0, 0.05) is 11.5 Å². The first-order chi connectivity index (χ1) is 10.7. The van der Waals surface area contributed by atoms with Gasteiger partial charge in [0.1, 0.15) is 11.6 Å². The lowest BCUT2D eigenvalue weighted by molar-refractivity contribution is 0.0571. The van der Waals surface area contributed by atoms with Gasteiger partial charge in [-0.25, -0.2) is 4.39 Å². The van der Waals surface area contributed by atoms with Crippen LogP contribution in [-0.4, -0.2) is 30.6 Å². The number of ether oxygens (including phenoxy) is 1. The first-order valence-corrected chi connectivity index (χ1v) is 8.80. The number of rotatable bonds is 3. The molecule has 2 fully saturated rings. The number of hydrogen-bond acceptors (Lipinski definition) is 2. The van der Waals surface area contributed by atoms with Gasteiger partial charge in [-0.1, -0.05) is 25.3 Å². The summed E-state index contributed by atoms with van der Waals surface area (Å²) in [5.41, 5.74) is 0.192. The highest BCUT2D eigenvalue weighted by Crippen LogP contribution is 2.40. The highest BCUT2D eigenvalue weighted by atomic mass is 19.1. The summed E-state index contributed by atoms with van der Waals surface area (Å²) in [6.45, 7) is 4.84. The average Bonchev–Trinajstić information content (AvgIpc) is 2.97. The molecule has 0 amide bonds. The van der Waals surface area contributed by atoms with Crippen molar-refractivity contribution in [2.45, 2.75) is 57.9 Å². The van der Waals surface area contributed by atoms with Crippen LogP contribution in [0.1, 0.15) is 51.9 Å². The Morgan fingerprint density at radius 3 is 2.68 bits per heavy atom. The third-order valence-electron chi connectivity index (χ3n) is 5.54. The van der Waals surface area contributed by atoms with Crippen LogP contribution in [0.15, 0.2) is 35.9 Å². The number of nitrogens with zero attached hydrogens (tertiary/aromatic N) is 1. The molecule has 0 bridgehead atoms. The zero-order valence-electron chi connectivity index (χ0n) is 13.7. The molecule has 0 aromatic carbocycles. The van der Waals surface area contributed by atoms with Crippen molar-refractivity contribution in [2.24, 2.45) is 5.41 Å². The smallest absolute Gasteiger partial charge is 0.119 e. The Morgan fingerprint density at radius 2 is 2.00 bits per heavy atom. The van der Waals surface area contributed by atoms with Crippen LogP contribution < -0.4 is 0 Å². The largest absolute Gasteiger partial charge is 0.493 e. The van der Waals surface area contributed by atoms with Crippen molar-refractivity contribution in [3.63, 3.8) is 0 Å². The summed E-state index contributed by atoms with van der Waals surface area (Å²) in [6, 6.07) is 0.820. The minimum absolute atomic E-state index is 0.192. The van der Waals surface area contributed by atoms with E-state index >= 15 is 0 Å². The summed E-state index contributed by atoms with van der Waals surface area (Å²) in [6.07, 6.45) is 16.3. The van der Waals surface area contributed by atoms with E-state index in [1.54, 1.807) is 13.0 Å². The minimum atomic E-state index is -0.211. The molecule has 2 aliphatic heterocycles. The van der Waals surface area contributed by atoms with Crippen LogP contribution in [0.25, 0.3) is 0 Å². The number of halogens is 1. The van der Waals surface area contributed by atoms with E-state index < -0.39 is 0 Å². The summed E-state index contributed by atoms with van der Waals surface area (Å²) in [7, 11) is 0. The summed E-state index contributed by atoms with van der Waals surface area (Å²) >= 11 is 0. The Balaban J connectivity index is 1.56. The second-order valence-electron chi connectivity index (χ2n) is 7.03. The number of allylic oxidation sites excluding steroid dienone is 4. The van der Waals surface area contributed by atoms with E-state index in [0.717, 1.165) is 18.4 Å². The minimum Gasteiger partial charge on any atom is -0.493 e. The average molecular weight is 305 g/mol. The monoisotopic (exact) mass is 305 g/mol. The van der Waals surface area contributed by atoms with E-state index in [-0.39, 0.29) is 11.2 Å². The van der Waals surface area contributed by atoms with Crippen LogP contribution in [0.2, 0.25) is 0 Å². The van der Waals surface area contributed by atoms with Crippen LogP contribution in [0, 0.1) is 5.41 Å². The third-order valence-corrected chi connectivity index (χ3v) is 5.54. The Bertz CT molecular complexity index is 466. The maximum absolute atomic E-state index is 13.2. The van der Waals surface area contributed by atoms with E-state index in [0.29, 0.717) is 0 Å². The molecule has 1 spiro atoms. The Kier molecular flexibility index (Phi) is 5.02. The van der Waals surface area contributed by atoms with Gasteiger partial charge in [-0.3, -0.25) is 0 Å². The second kappa shape index (κ2) is 6.99. The molecule has 1 aliphatic carbocycles. The summed E-state index contributed by atoms with van der Waals surface area (Å²) in [4.78, 5) is 2.70. The van der Waals surface area contributed by atoms with Crippen LogP contribution in [0.5, 0.6) is 0 Å². The van der Waals surface area contributed by atoms with E-state index in [4.69, 9.17) is 4.74 Å². The first kappa shape index (κ1) is 15.8. The Morgan fingerprint density at radius 1 is 1.27 bits per heavy atom. The number of likely N-dealkylation sites (tertiary alicyclic amines) is 1. The van der Waals surface area contributed by atoms with Gasteiger partial charge in [-0.05, 0) is 63.9 Å². The maximum atomic E-state index is 13.2. The molecule has 2 heterocycles. The standard InChI is InChI=1S/C19H28FNO/c1-2-16(20)8-9-18-14-19(15-22-18)10-12-21(13-11-19)17-6-4-3-5-7-17/h2,8-9,14,17H,3-7,10-13,15H2,1H3/b9-8-,16-2+. The molecule has 3 rings (SSSR count). The quantitative estimate of drug-likeness (QED) is 0.698. The summed E-state index contributed by atoms with van der Waals surface area (Å²) in [5.74, 6) is 0.626. The molecule has 0 atom stereocenters. The fraction of sp³-hybridized carbons (Fsp3) is 0.684. The molecule has 0 radical (unpaired) electrons. The lowest BCUT2D eigenvalue weighted by Gasteiger charge is -2.42. The van der Waals surface area contributed by atoms with Gasteiger partial charge in [0.05, 0.1) is 6.61 Å². The molecule has 0 unspecified atom stereocenters. The predicted molar refractivity (Wildman–Crippen MR) is 88.2 cm³/mol. The molecular formula is C19H28FNO. The van der Waals surface area contributed by atoms with E-state index in [1.807, 2.05) is 0 Å². The third kappa shape index (κ3) is 3.62. The van der Waals surface area contributed by atoms with Crippen molar-refractivity contribution in [1.82, 2.24) is 4.90 Å². The first-order valence-electron chi connectivity index (χ1n) is 8.80. The van der Waals surface area contributed by atoms with Crippen molar-refractivity contribution >= 4 is 0 Å².